The molecule has 3 aromatic rings. The highest BCUT2D eigenvalue weighted by atomic mass is 16.2. The van der Waals surface area contributed by atoms with Crippen LogP contribution in [0.1, 0.15) is 25.7 Å². The molecule has 1 aliphatic heterocycles. The lowest BCUT2D eigenvalue weighted by molar-refractivity contribution is -0.134. The van der Waals surface area contributed by atoms with Crippen LogP contribution < -0.4 is 5.32 Å². The quantitative estimate of drug-likeness (QED) is 0.572. The lowest BCUT2D eigenvalue weighted by atomic mass is 9.96. The first kappa shape index (κ1) is 20.0. The molecule has 0 unspecified atom stereocenters. The van der Waals surface area contributed by atoms with Crippen LogP contribution in [0.3, 0.4) is 0 Å². The van der Waals surface area contributed by atoms with Gasteiger partial charge in [-0.05, 0) is 43.5 Å². The van der Waals surface area contributed by atoms with E-state index in [-0.39, 0.29) is 17.7 Å². The monoisotopic (exact) mass is 401 g/mol. The Bertz CT molecular complexity index is 1040. The van der Waals surface area contributed by atoms with E-state index < -0.39 is 0 Å². The summed E-state index contributed by atoms with van der Waals surface area (Å²) < 4.78 is 0. The number of carbonyl (C=O) groups is 2. The second kappa shape index (κ2) is 8.99. The van der Waals surface area contributed by atoms with Gasteiger partial charge in [-0.25, -0.2) is 0 Å². The van der Waals surface area contributed by atoms with E-state index in [0.717, 1.165) is 47.2 Å². The molecule has 1 aliphatic rings. The second-order valence-corrected chi connectivity index (χ2v) is 7.85. The third-order valence-corrected chi connectivity index (χ3v) is 5.68. The summed E-state index contributed by atoms with van der Waals surface area (Å²) in [6, 6.07) is 18.1. The molecule has 0 aliphatic carbocycles. The van der Waals surface area contributed by atoms with Gasteiger partial charge >= 0.3 is 0 Å². The summed E-state index contributed by atoms with van der Waals surface area (Å²) in [4.78, 5) is 30.4. The van der Waals surface area contributed by atoms with Gasteiger partial charge in [-0.3, -0.25) is 9.59 Å². The summed E-state index contributed by atoms with van der Waals surface area (Å²) >= 11 is 0. The molecule has 0 radical (unpaired) electrons. The van der Waals surface area contributed by atoms with Crippen LogP contribution in [0.25, 0.3) is 22.2 Å². The Morgan fingerprint density at radius 1 is 1.17 bits per heavy atom. The lowest BCUT2D eigenvalue weighted by Gasteiger charge is -2.32. The molecule has 2 N–H and O–H groups in total. The fraction of sp³-hybridized carbons (Fsp3) is 0.280. The van der Waals surface area contributed by atoms with Crippen molar-refractivity contribution in [3.05, 3.63) is 67.3 Å². The molecule has 4 rings (SSSR count). The minimum Gasteiger partial charge on any atom is -0.355 e. The minimum atomic E-state index is -0.178. The Morgan fingerprint density at radius 3 is 2.87 bits per heavy atom. The number of hydrogen-bond donors (Lipinski definition) is 2. The van der Waals surface area contributed by atoms with E-state index in [9.17, 15) is 9.59 Å². The van der Waals surface area contributed by atoms with Crippen LogP contribution in [-0.4, -0.2) is 34.8 Å². The van der Waals surface area contributed by atoms with Gasteiger partial charge in [-0.15, -0.1) is 6.58 Å². The first-order valence-electron chi connectivity index (χ1n) is 10.5. The highest BCUT2D eigenvalue weighted by Gasteiger charge is 2.28. The van der Waals surface area contributed by atoms with Crippen molar-refractivity contribution in [3.8, 4) is 11.3 Å². The Morgan fingerprint density at radius 2 is 2.03 bits per heavy atom. The lowest BCUT2D eigenvalue weighted by Crippen LogP contribution is -2.43. The van der Waals surface area contributed by atoms with Crippen LogP contribution in [0, 0.1) is 5.92 Å². The molecule has 5 heteroatoms. The van der Waals surface area contributed by atoms with Crippen LogP contribution in [0.15, 0.2) is 67.3 Å². The van der Waals surface area contributed by atoms with Gasteiger partial charge in [0.15, 0.2) is 0 Å². The third kappa shape index (κ3) is 4.46. The van der Waals surface area contributed by atoms with Crippen molar-refractivity contribution < 1.29 is 9.59 Å². The number of benzene rings is 2. The van der Waals surface area contributed by atoms with E-state index in [1.165, 1.54) is 0 Å². The molecule has 154 valence electrons. The number of H-pyrrole nitrogens is 1. The van der Waals surface area contributed by atoms with Gasteiger partial charge in [0.25, 0.3) is 0 Å². The fourth-order valence-electron chi connectivity index (χ4n) is 4.04. The van der Waals surface area contributed by atoms with Gasteiger partial charge in [0.1, 0.15) is 0 Å². The van der Waals surface area contributed by atoms with Crippen molar-refractivity contribution in [3.63, 3.8) is 0 Å². The number of carbonyl (C=O) groups excluding carboxylic acids is 2. The number of nitrogens with zero attached hydrogens (tertiary/aromatic N) is 1. The number of piperidine rings is 1. The van der Waals surface area contributed by atoms with Gasteiger partial charge in [0.05, 0.1) is 5.92 Å². The van der Waals surface area contributed by atoms with E-state index in [1.54, 1.807) is 6.08 Å². The first-order chi connectivity index (χ1) is 14.6. The van der Waals surface area contributed by atoms with Crippen molar-refractivity contribution in [2.45, 2.75) is 25.7 Å². The molecule has 1 fully saturated rings. The summed E-state index contributed by atoms with van der Waals surface area (Å²) in [5.41, 5.74) is 3.90. The van der Waals surface area contributed by atoms with E-state index in [4.69, 9.17) is 0 Å². The summed E-state index contributed by atoms with van der Waals surface area (Å²) in [6.45, 7) is 4.89. The largest absolute Gasteiger partial charge is 0.355 e. The predicted octanol–water partition coefficient (Wildman–Crippen LogP) is 4.98. The van der Waals surface area contributed by atoms with Crippen molar-refractivity contribution in [1.29, 1.82) is 0 Å². The molecule has 30 heavy (non-hydrogen) atoms. The number of para-hydroxylation sites is 1. The van der Waals surface area contributed by atoms with Crippen LogP contribution in [-0.2, 0) is 9.59 Å². The minimum absolute atomic E-state index is 0.0231. The Hall–Kier alpha value is -3.34. The maximum absolute atomic E-state index is 12.9. The highest BCUT2D eigenvalue weighted by molar-refractivity contribution is 5.94. The molecule has 5 nitrogen and oxygen atoms in total. The van der Waals surface area contributed by atoms with E-state index in [1.807, 2.05) is 41.3 Å². The molecular weight excluding hydrogens is 374 g/mol. The molecule has 0 bridgehead atoms. The summed E-state index contributed by atoms with van der Waals surface area (Å²) in [6.07, 6.45) is 4.55. The zero-order valence-corrected chi connectivity index (χ0v) is 17.1. The van der Waals surface area contributed by atoms with Gasteiger partial charge in [0, 0.05) is 47.4 Å². The number of likely N-dealkylation sites (tertiary alicyclic amines) is 1. The number of amides is 2. The summed E-state index contributed by atoms with van der Waals surface area (Å²) in [5.74, 6) is -0.0959. The Balaban J connectivity index is 1.44. The van der Waals surface area contributed by atoms with E-state index >= 15 is 0 Å². The number of rotatable bonds is 6. The molecule has 2 heterocycles. The van der Waals surface area contributed by atoms with Gasteiger partial charge in [-0.2, -0.15) is 0 Å². The summed E-state index contributed by atoms with van der Waals surface area (Å²) in [5, 5.41) is 4.21. The van der Waals surface area contributed by atoms with Crippen molar-refractivity contribution in [1.82, 2.24) is 9.88 Å². The topological polar surface area (TPSA) is 65.2 Å². The number of nitrogens with one attached hydrogen (secondary N) is 2. The molecule has 2 amide bonds. The number of fused-ring (bicyclic) bond motifs is 1. The second-order valence-electron chi connectivity index (χ2n) is 7.85. The number of aromatic nitrogens is 1. The highest BCUT2D eigenvalue weighted by Crippen LogP contribution is 2.27. The Labute approximate surface area is 176 Å². The zero-order valence-electron chi connectivity index (χ0n) is 17.1. The first-order valence-corrected chi connectivity index (χ1v) is 10.5. The fourth-order valence-corrected chi connectivity index (χ4v) is 4.04. The number of hydrogen-bond acceptors (Lipinski definition) is 2. The normalized spacial score (nSPS) is 16.4. The number of aromatic amines is 1. The van der Waals surface area contributed by atoms with Crippen LogP contribution in [0.5, 0.6) is 0 Å². The van der Waals surface area contributed by atoms with Gasteiger partial charge in [-0.1, -0.05) is 36.4 Å². The maximum Gasteiger partial charge on any atom is 0.229 e. The average Bonchev–Trinajstić information content (AvgIpc) is 3.22. The van der Waals surface area contributed by atoms with Crippen molar-refractivity contribution in [2.24, 2.45) is 5.92 Å². The van der Waals surface area contributed by atoms with E-state index in [2.05, 4.69) is 35.1 Å². The predicted molar refractivity (Wildman–Crippen MR) is 121 cm³/mol. The smallest absolute Gasteiger partial charge is 0.229 e. The van der Waals surface area contributed by atoms with E-state index in [0.29, 0.717) is 19.4 Å². The number of anilines is 1. The van der Waals surface area contributed by atoms with Crippen molar-refractivity contribution >= 4 is 28.4 Å². The third-order valence-electron chi connectivity index (χ3n) is 5.68. The molecular formula is C25H27N3O2. The molecule has 1 aromatic heterocycles. The maximum atomic E-state index is 12.9. The van der Waals surface area contributed by atoms with Gasteiger partial charge < -0.3 is 15.2 Å². The standard InChI is InChI=1S/C25H27N3O2/c1-2-3-13-24(29)28-14-7-10-20(17-28)25(30)26-21-11-6-9-18(15-21)23-16-19-8-4-5-12-22(19)27-23/h2,4-6,8-9,11-12,15-16,20,27H,1,3,7,10,13-14,17H2,(H,26,30)/t20-/m0/s1. The molecule has 2 aromatic carbocycles. The Kier molecular flexibility index (Phi) is 5.98. The summed E-state index contributed by atoms with van der Waals surface area (Å²) in [7, 11) is 0. The van der Waals surface area contributed by atoms with Crippen LogP contribution >= 0.6 is 0 Å². The zero-order chi connectivity index (χ0) is 20.9. The molecule has 1 saturated heterocycles. The van der Waals surface area contributed by atoms with Crippen LogP contribution in [0.2, 0.25) is 0 Å². The number of allylic oxidation sites excluding steroid dienone is 1. The van der Waals surface area contributed by atoms with Crippen molar-refractivity contribution in [2.75, 3.05) is 18.4 Å². The van der Waals surface area contributed by atoms with Crippen LogP contribution in [0.4, 0.5) is 5.69 Å². The molecule has 0 saturated carbocycles. The van der Waals surface area contributed by atoms with Gasteiger partial charge in [0.2, 0.25) is 11.8 Å². The molecule has 1 atom stereocenters. The molecule has 0 spiro atoms. The average molecular weight is 402 g/mol. The SMILES string of the molecule is C=CCCC(=O)N1CCC[C@H](C(=O)Nc2cccc(-c3cc4ccccc4[nH]3)c2)C1.